The van der Waals surface area contributed by atoms with E-state index in [1.54, 1.807) is 0 Å². The van der Waals surface area contributed by atoms with Crippen LogP contribution in [0.2, 0.25) is 0 Å². The van der Waals surface area contributed by atoms with Gasteiger partial charge in [-0.15, -0.1) is 0 Å². The molecule has 0 amide bonds. The highest BCUT2D eigenvalue weighted by Crippen LogP contribution is 2.62. The Kier molecular flexibility index (Phi) is 3.59. The van der Waals surface area contributed by atoms with Crippen molar-refractivity contribution in [1.82, 2.24) is 0 Å². The van der Waals surface area contributed by atoms with Gasteiger partial charge in [0, 0.05) is 0 Å². The van der Waals surface area contributed by atoms with Crippen LogP contribution in [-0.2, 0) is 14.3 Å². The summed E-state index contributed by atoms with van der Waals surface area (Å²) in [5.74, 6) is 4.72. The maximum atomic E-state index is 12.3. The van der Waals surface area contributed by atoms with Gasteiger partial charge in [0.15, 0.2) is 6.79 Å². The largest absolute Gasteiger partial charge is 0.438 e. The van der Waals surface area contributed by atoms with Gasteiger partial charge in [0.1, 0.15) is 0 Å². The quantitative estimate of drug-likeness (QED) is 0.328. The van der Waals surface area contributed by atoms with E-state index in [4.69, 9.17) is 9.47 Å². The number of fused-ring (bicyclic) bond motifs is 2. The molecule has 6 aliphatic rings. The average molecular weight is 330 g/mol. The zero-order valence-corrected chi connectivity index (χ0v) is 14.8. The lowest BCUT2D eigenvalue weighted by Crippen LogP contribution is -2.53. The summed E-state index contributed by atoms with van der Waals surface area (Å²) >= 11 is 0. The smallest absolute Gasteiger partial charge is 0.311 e. The van der Waals surface area contributed by atoms with Crippen LogP contribution in [0, 0.1) is 46.8 Å². The van der Waals surface area contributed by atoms with Crippen LogP contribution in [-0.4, -0.2) is 19.4 Å². The lowest BCUT2D eigenvalue weighted by Gasteiger charge is -2.60. The summed E-state index contributed by atoms with van der Waals surface area (Å²) in [5, 5.41) is 0. The van der Waals surface area contributed by atoms with Crippen LogP contribution in [0.1, 0.15) is 51.9 Å². The van der Waals surface area contributed by atoms with E-state index in [9.17, 15) is 4.79 Å². The van der Waals surface area contributed by atoms with Gasteiger partial charge in [-0.1, -0.05) is 19.1 Å². The third-order valence-electron chi connectivity index (χ3n) is 8.28. The third kappa shape index (κ3) is 2.38. The fraction of sp³-hybridized carbons (Fsp3) is 0.857. The van der Waals surface area contributed by atoms with Crippen LogP contribution in [0.15, 0.2) is 12.2 Å². The van der Waals surface area contributed by atoms with Crippen molar-refractivity contribution in [2.24, 2.45) is 46.8 Å². The lowest BCUT2D eigenvalue weighted by molar-refractivity contribution is -0.178. The van der Waals surface area contributed by atoms with E-state index in [1.807, 2.05) is 0 Å². The zero-order valence-electron chi connectivity index (χ0n) is 14.8. The fourth-order valence-electron chi connectivity index (χ4n) is 7.02. The van der Waals surface area contributed by atoms with Crippen molar-refractivity contribution in [2.45, 2.75) is 51.9 Å². The molecular formula is C21H30O3. The monoisotopic (exact) mass is 330 g/mol. The minimum absolute atomic E-state index is 0.0397. The Morgan fingerprint density at radius 3 is 2.29 bits per heavy atom. The maximum absolute atomic E-state index is 12.3. The molecule has 24 heavy (non-hydrogen) atoms. The second-order valence-electron chi connectivity index (χ2n) is 9.63. The molecule has 0 spiro atoms. The van der Waals surface area contributed by atoms with E-state index < -0.39 is 0 Å². The summed E-state index contributed by atoms with van der Waals surface area (Å²) in [5.41, 5.74) is 0.314. The number of esters is 1. The van der Waals surface area contributed by atoms with Crippen LogP contribution >= 0.6 is 0 Å². The van der Waals surface area contributed by atoms with Crippen molar-refractivity contribution in [3.05, 3.63) is 12.2 Å². The average Bonchev–Trinajstić information content (AvgIpc) is 3.19. The van der Waals surface area contributed by atoms with E-state index in [2.05, 4.69) is 19.1 Å². The van der Waals surface area contributed by atoms with Crippen molar-refractivity contribution in [3.63, 3.8) is 0 Å². The maximum Gasteiger partial charge on any atom is 0.311 e. The Morgan fingerprint density at radius 1 is 1.00 bits per heavy atom. The van der Waals surface area contributed by atoms with E-state index in [1.165, 1.54) is 32.1 Å². The molecule has 6 bridgehead atoms. The Hall–Kier alpha value is -0.830. The molecule has 0 saturated heterocycles. The van der Waals surface area contributed by atoms with Crippen molar-refractivity contribution in [2.75, 3.05) is 13.4 Å². The van der Waals surface area contributed by atoms with Crippen LogP contribution in [0.4, 0.5) is 0 Å². The molecule has 5 fully saturated rings. The molecule has 3 nitrogen and oxygen atoms in total. The van der Waals surface area contributed by atoms with Crippen molar-refractivity contribution in [3.8, 4) is 0 Å². The van der Waals surface area contributed by atoms with Gasteiger partial charge in [-0.3, -0.25) is 4.79 Å². The van der Waals surface area contributed by atoms with Gasteiger partial charge in [0.05, 0.1) is 12.5 Å². The number of hydrogen-bond acceptors (Lipinski definition) is 3. The molecule has 0 aliphatic heterocycles. The first-order valence-corrected chi connectivity index (χ1v) is 10.0. The number of carbonyl (C=O) groups excluding carboxylic acids is 1. The third-order valence-corrected chi connectivity index (χ3v) is 8.28. The van der Waals surface area contributed by atoms with Gasteiger partial charge >= 0.3 is 5.97 Å². The van der Waals surface area contributed by atoms with Crippen LogP contribution in [0.25, 0.3) is 0 Å². The lowest BCUT2D eigenvalue weighted by atomic mass is 9.46. The van der Waals surface area contributed by atoms with Crippen LogP contribution < -0.4 is 0 Å². The molecule has 0 aromatic heterocycles. The van der Waals surface area contributed by atoms with Gasteiger partial charge in [0.2, 0.25) is 0 Å². The number of carbonyl (C=O) groups is 1. The molecule has 5 saturated carbocycles. The predicted molar refractivity (Wildman–Crippen MR) is 90.9 cm³/mol. The SMILES string of the molecule is CC1(COCOC(=O)C2CC3C=CC2C3)C2CC3CC(C2)CC1C3. The first kappa shape index (κ1) is 15.4. The second-order valence-corrected chi connectivity index (χ2v) is 9.63. The molecule has 0 N–H and O–H groups in total. The molecule has 3 heteroatoms. The predicted octanol–water partition coefficient (Wildman–Crippen LogP) is 4.18. The first-order chi connectivity index (χ1) is 11.6. The number of ether oxygens (including phenoxy) is 2. The number of hydrogen-bond donors (Lipinski definition) is 0. The fourth-order valence-corrected chi connectivity index (χ4v) is 7.02. The Balaban J connectivity index is 1.12. The summed E-state index contributed by atoms with van der Waals surface area (Å²) in [7, 11) is 0. The van der Waals surface area contributed by atoms with E-state index in [-0.39, 0.29) is 18.7 Å². The van der Waals surface area contributed by atoms with Gasteiger partial charge < -0.3 is 9.47 Å². The zero-order chi connectivity index (χ0) is 16.3. The molecule has 6 rings (SSSR count). The van der Waals surface area contributed by atoms with Gasteiger partial charge in [-0.2, -0.15) is 0 Å². The van der Waals surface area contributed by atoms with Crippen LogP contribution in [0.5, 0.6) is 0 Å². The molecular weight excluding hydrogens is 300 g/mol. The van der Waals surface area contributed by atoms with Gasteiger partial charge in [-0.25, -0.2) is 0 Å². The van der Waals surface area contributed by atoms with Crippen molar-refractivity contribution in [1.29, 1.82) is 0 Å². The topological polar surface area (TPSA) is 35.5 Å². The summed E-state index contributed by atoms with van der Waals surface area (Å²) in [6.07, 6.45) is 13.7. The highest BCUT2D eigenvalue weighted by atomic mass is 16.7. The van der Waals surface area contributed by atoms with E-state index in [0.29, 0.717) is 17.3 Å². The molecule has 0 aromatic carbocycles. The standard InChI is InChI=1S/C21H30O3/c1-21(17-6-14-4-15(8-17)9-18(21)7-14)11-23-12-24-20(22)19-10-13-2-3-16(19)5-13/h2-3,13-19H,4-12H2,1H3. The van der Waals surface area contributed by atoms with E-state index in [0.717, 1.165) is 43.1 Å². The van der Waals surface area contributed by atoms with E-state index >= 15 is 0 Å². The molecule has 0 aromatic rings. The van der Waals surface area contributed by atoms with Crippen molar-refractivity contribution >= 4 is 5.97 Å². The number of allylic oxidation sites excluding steroid dienone is 2. The summed E-state index contributed by atoms with van der Waals surface area (Å²) in [6, 6.07) is 0. The summed E-state index contributed by atoms with van der Waals surface area (Å²) in [6.45, 7) is 3.35. The molecule has 6 aliphatic carbocycles. The number of rotatable bonds is 5. The highest BCUT2D eigenvalue weighted by molar-refractivity contribution is 5.74. The highest BCUT2D eigenvalue weighted by Gasteiger charge is 2.54. The Bertz CT molecular complexity index is 523. The van der Waals surface area contributed by atoms with Gasteiger partial charge in [-0.05, 0) is 85.9 Å². The Morgan fingerprint density at radius 2 is 1.71 bits per heavy atom. The molecule has 0 heterocycles. The normalized spacial score (nSPS) is 50.6. The van der Waals surface area contributed by atoms with Crippen LogP contribution in [0.3, 0.4) is 0 Å². The van der Waals surface area contributed by atoms with Crippen molar-refractivity contribution < 1.29 is 14.3 Å². The minimum atomic E-state index is -0.0397. The molecule has 3 unspecified atom stereocenters. The Labute approximate surface area is 145 Å². The minimum Gasteiger partial charge on any atom is -0.438 e. The first-order valence-electron chi connectivity index (χ1n) is 10.0. The molecule has 132 valence electrons. The molecule has 0 radical (unpaired) electrons. The van der Waals surface area contributed by atoms with Gasteiger partial charge in [0.25, 0.3) is 0 Å². The summed E-state index contributed by atoms with van der Waals surface area (Å²) in [4.78, 5) is 12.3. The molecule has 3 atom stereocenters. The summed E-state index contributed by atoms with van der Waals surface area (Å²) < 4.78 is 11.4. The second kappa shape index (κ2) is 5.59.